The fourth-order valence-electron chi connectivity index (χ4n) is 3.21. The van der Waals surface area contributed by atoms with Gasteiger partial charge >= 0.3 is 12.6 Å². The monoisotopic (exact) mass is 437 g/mol. The van der Waals surface area contributed by atoms with Crippen molar-refractivity contribution in [1.82, 2.24) is 10.2 Å². The Morgan fingerprint density at radius 2 is 1.80 bits per heavy atom. The van der Waals surface area contributed by atoms with E-state index in [1.807, 2.05) is 0 Å². The molecule has 0 bridgehead atoms. The smallest absolute Gasteiger partial charge is 0.387 e. The Labute approximate surface area is 175 Å². The van der Waals surface area contributed by atoms with Crippen LogP contribution in [-0.4, -0.2) is 35.9 Å². The standard InChI is InChI=1S/C20H18ClF2N3O4/c1-2-20(12-3-5-13(21)6-4-12)17(28)26(19(29)25-20)11-16(27)24-14-7-9-15(10-8-14)30-18(22)23/h3-10,18H,2,11H2,1H3,(H,24,27)(H,25,29). The lowest BCUT2D eigenvalue weighted by Gasteiger charge is -2.25. The van der Waals surface area contributed by atoms with E-state index in [9.17, 15) is 23.2 Å². The van der Waals surface area contributed by atoms with Crippen molar-refractivity contribution in [2.24, 2.45) is 0 Å². The number of alkyl halides is 2. The number of benzene rings is 2. The molecular weight excluding hydrogens is 420 g/mol. The van der Waals surface area contributed by atoms with Gasteiger partial charge in [-0.25, -0.2) is 4.79 Å². The number of rotatable bonds is 7. The van der Waals surface area contributed by atoms with Gasteiger partial charge in [0.05, 0.1) is 0 Å². The first-order valence-electron chi connectivity index (χ1n) is 9.00. The van der Waals surface area contributed by atoms with Gasteiger partial charge in [0.15, 0.2) is 0 Å². The van der Waals surface area contributed by atoms with Gasteiger partial charge in [0, 0.05) is 10.7 Å². The van der Waals surface area contributed by atoms with Crippen LogP contribution < -0.4 is 15.4 Å². The summed E-state index contributed by atoms with van der Waals surface area (Å²) in [7, 11) is 0. The summed E-state index contributed by atoms with van der Waals surface area (Å²) in [5, 5.41) is 5.67. The highest BCUT2D eigenvalue weighted by Gasteiger charge is 2.51. The quantitative estimate of drug-likeness (QED) is 0.646. The Morgan fingerprint density at radius 3 is 2.37 bits per heavy atom. The van der Waals surface area contributed by atoms with Gasteiger partial charge < -0.3 is 15.4 Å². The molecule has 1 fully saturated rings. The first-order valence-corrected chi connectivity index (χ1v) is 9.38. The minimum atomic E-state index is -2.95. The lowest BCUT2D eigenvalue weighted by Crippen LogP contribution is -2.44. The maximum Gasteiger partial charge on any atom is 0.387 e. The van der Waals surface area contributed by atoms with E-state index in [1.54, 1.807) is 31.2 Å². The van der Waals surface area contributed by atoms with Gasteiger partial charge in [-0.3, -0.25) is 14.5 Å². The fraction of sp³-hybridized carbons (Fsp3) is 0.250. The maximum atomic E-state index is 13.0. The largest absolute Gasteiger partial charge is 0.435 e. The molecule has 1 unspecified atom stereocenters. The molecule has 1 saturated heterocycles. The molecule has 3 rings (SSSR count). The number of halogens is 3. The van der Waals surface area contributed by atoms with Crippen LogP contribution in [0.1, 0.15) is 18.9 Å². The van der Waals surface area contributed by atoms with E-state index in [4.69, 9.17) is 11.6 Å². The summed E-state index contributed by atoms with van der Waals surface area (Å²) >= 11 is 5.90. The molecule has 0 aliphatic carbocycles. The SMILES string of the molecule is CCC1(c2ccc(Cl)cc2)NC(=O)N(CC(=O)Nc2ccc(OC(F)F)cc2)C1=O. The van der Waals surface area contributed by atoms with Gasteiger partial charge in [-0.15, -0.1) is 0 Å². The van der Waals surface area contributed by atoms with Crippen molar-refractivity contribution < 1.29 is 27.9 Å². The number of hydrogen-bond donors (Lipinski definition) is 2. The molecule has 0 aromatic heterocycles. The maximum absolute atomic E-state index is 13.0. The number of urea groups is 1. The molecule has 7 nitrogen and oxygen atoms in total. The predicted octanol–water partition coefficient (Wildman–Crippen LogP) is 3.74. The minimum Gasteiger partial charge on any atom is -0.435 e. The molecule has 158 valence electrons. The van der Waals surface area contributed by atoms with Gasteiger partial charge in [0.2, 0.25) is 5.91 Å². The Morgan fingerprint density at radius 1 is 1.17 bits per heavy atom. The molecule has 4 amide bonds. The van der Waals surface area contributed by atoms with Crippen LogP contribution in [-0.2, 0) is 15.1 Å². The molecule has 0 saturated carbocycles. The number of imide groups is 1. The number of carbonyl (C=O) groups is 3. The molecule has 1 atom stereocenters. The second-order valence-corrected chi connectivity index (χ2v) is 6.97. The molecule has 1 heterocycles. The van der Waals surface area contributed by atoms with Gasteiger partial charge in [-0.1, -0.05) is 30.7 Å². The Hall–Kier alpha value is -3.20. The summed E-state index contributed by atoms with van der Waals surface area (Å²) < 4.78 is 28.6. The van der Waals surface area contributed by atoms with E-state index >= 15 is 0 Å². The number of hydrogen-bond acceptors (Lipinski definition) is 4. The van der Waals surface area contributed by atoms with Crippen LogP contribution in [0.15, 0.2) is 48.5 Å². The Kier molecular flexibility index (Phi) is 6.21. The summed E-state index contributed by atoms with van der Waals surface area (Å²) in [5.41, 5.74) is -0.422. The fourth-order valence-corrected chi connectivity index (χ4v) is 3.33. The topological polar surface area (TPSA) is 87.7 Å². The van der Waals surface area contributed by atoms with Crippen LogP contribution >= 0.6 is 11.6 Å². The van der Waals surface area contributed by atoms with Crippen LogP contribution in [0.2, 0.25) is 5.02 Å². The van der Waals surface area contributed by atoms with Crippen molar-refractivity contribution in [3.05, 3.63) is 59.1 Å². The number of carbonyl (C=O) groups excluding carboxylic acids is 3. The lowest BCUT2D eigenvalue weighted by atomic mass is 9.87. The zero-order valence-electron chi connectivity index (χ0n) is 15.8. The molecular formula is C20H18ClF2N3O4. The second-order valence-electron chi connectivity index (χ2n) is 6.54. The van der Waals surface area contributed by atoms with Gasteiger partial charge in [0.1, 0.15) is 17.8 Å². The van der Waals surface area contributed by atoms with E-state index in [2.05, 4.69) is 15.4 Å². The van der Waals surface area contributed by atoms with Gasteiger partial charge in [-0.05, 0) is 48.4 Å². The van der Waals surface area contributed by atoms with E-state index in [0.29, 0.717) is 16.3 Å². The summed E-state index contributed by atoms with van der Waals surface area (Å²) in [6.45, 7) is -1.71. The Bertz CT molecular complexity index is 954. The molecule has 0 spiro atoms. The average Bonchev–Trinajstić information content (AvgIpc) is 2.95. The minimum absolute atomic E-state index is 0.0622. The Balaban J connectivity index is 1.70. The third-order valence-electron chi connectivity index (χ3n) is 4.71. The van der Waals surface area contributed by atoms with Crippen molar-refractivity contribution in [3.8, 4) is 5.75 Å². The highest BCUT2D eigenvalue weighted by molar-refractivity contribution is 6.30. The third kappa shape index (κ3) is 4.35. The zero-order valence-corrected chi connectivity index (χ0v) is 16.6. The molecule has 2 aromatic carbocycles. The van der Waals surface area contributed by atoms with E-state index in [0.717, 1.165) is 4.90 Å². The lowest BCUT2D eigenvalue weighted by molar-refractivity contribution is -0.134. The van der Waals surface area contributed by atoms with Crippen molar-refractivity contribution in [1.29, 1.82) is 0 Å². The van der Waals surface area contributed by atoms with Crippen LogP contribution in [0.4, 0.5) is 19.3 Å². The van der Waals surface area contributed by atoms with E-state index in [-0.39, 0.29) is 12.2 Å². The first kappa shape index (κ1) is 21.5. The average molecular weight is 438 g/mol. The number of anilines is 1. The number of ether oxygens (including phenoxy) is 1. The first-order chi connectivity index (χ1) is 14.2. The number of nitrogens with zero attached hydrogens (tertiary/aromatic N) is 1. The molecule has 30 heavy (non-hydrogen) atoms. The van der Waals surface area contributed by atoms with Crippen LogP contribution in [0, 0.1) is 0 Å². The highest BCUT2D eigenvalue weighted by atomic mass is 35.5. The van der Waals surface area contributed by atoms with E-state index in [1.165, 1.54) is 24.3 Å². The number of nitrogens with one attached hydrogen (secondary N) is 2. The normalized spacial score (nSPS) is 18.5. The molecule has 1 aliphatic heterocycles. The van der Waals surface area contributed by atoms with Crippen LogP contribution in [0.25, 0.3) is 0 Å². The third-order valence-corrected chi connectivity index (χ3v) is 4.96. The van der Waals surface area contributed by atoms with Crippen molar-refractivity contribution in [3.63, 3.8) is 0 Å². The highest BCUT2D eigenvalue weighted by Crippen LogP contribution is 2.33. The van der Waals surface area contributed by atoms with Crippen molar-refractivity contribution in [2.75, 3.05) is 11.9 Å². The summed E-state index contributed by atoms with van der Waals surface area (Å²) in [6, 6.07) is 11.1. The zero-order chi connectivity index (χ0) is 21.9. The number of amides is 4. The summed E-state index contributed by atoms with van der Waals surface area (Å²) in [6.07, 6.45) is 0.281. The van der Waals surface area contributed by atoms with Crippen molar-refractivity contribution in [2.45, 2.75) is 25.5 Å². The van der Waals surface area contributed by atoms with Gasteiger partial charge in [0.25, 0.3) is 5.91 Å². The predicted molar refractivity (Wildman–Crippen MR) is 105 cm³/mol. The van der Waals surface area contributed by atoms with Crippen LogP contribution in [0.5, 0.6) is 5.75 Å². The summed E-state index contributed by atoms with van der Waals surface area (Å²) in [5.74, 6) is -1.23. The van der Waals surface area contributed by atoms with E-state index < -0.39 is 36.5 Å². The molecule has 2 N–H and O–H groups in total. The van der Waals surface area contributed by atoms with Crippen LogP contribution in [0.3, 0.4) is 0 Å². The molecule has 0 radical (unpaired) electrons. The summed E-state index contributed by atoms with van der Waals surface area (Å²) in [4.78, 5) is 38.7. The van der Waals surface area contributed by atoms with Crippen molar-refractivity contribution >= 4 is 35.1 Å². The van der Waals surface area contributed by atoms with Gasteiger partial charge in [-0.2, -0.15) is 8.78 Å². The second kappa shape index (κ2) is 8.66. The molecule has 2 aromatic rings. The molecule has 1 aliphatic rings. The molecule has 10 heteroatoms.